The van der Waals surface area contributed by atoms with Gasteiger partial charge in [0.1, 0.15) is 18.2 Å². The van der Waals surface area contributed by atoms with E-state index in [9.17, 15) is 0 Å². The van der Waals surface area contributed by atoms with Crippen LogP contribution in [-0.2, 0) is 11.3 Å². The molecule has 0 atom stereocenters. The molecule has 0 aliphatic carbocycles. The number of benzene rings is 2. The Labute approximate surface area is 165 Å². The zero-order valence-electron chi connectivity index (χ0n) is 16.0. The van der Waals surface area contributed by atoms with Crippen molar-refractivity contribution in [1.29, 1.82) is 0 Å². The van der Waals surface area contributed by atoms with Crippen molar-refractivity contribution in [3.63, 3.8) is 0 Å². The molecule has 2 heterocycles. The lowest BCUT2D eigenvalue weighted by atomic mass is 10.2. The van der Waals surface area contributed by atoms with Crippen LogP contribution in [0.5, 0.6) is 5.75 Å². The summed E-state index contributed by atoms with van der Waals surface area (Å²) in [6.07, 6.45) is 0. The molecule has 3 aromatic rings. The van der Waals surface area contributed by atoms with Crippen LogP contribution in [0.25, 0.3) is 0 Å². The van der Waals surface area contributed by atoms with Crippen LogP contribution in [0.4, 0.5) is 17.5 Å². The number of hydrogen-bond donors (Lipinski definition) is 1. The molecule has 1 N–H and O–H groups in total. The van der Waals surface area contributed by atoms with Crippen molar-refractivity contribution in [3.8, 4) is 5.75 Å². The van der Waals surface area contributed by atoms with E-state index in [0.29, 0.717) is 19.8 Å². The maximum atomic E-state index is 5.84. The molecule has 1 fully saturated rings. The normalized spacial score (nSPS) is 14.0. The molecule has 6 heteroatoms. The lowest BCUT2D eigenvalue weighted by Crippen LogP contribution is -2.37. The van der Waals surface area contributed by atoms with Crippen LogP contribution in [0.1, 0.15) is 11.3 Å². The zero-order chi connectivity index (χ0) is 19.2. The fourth-order valence-electron chi connectivity index (χ4n) is 3.04. The van der Waals surface area contributed by atoms with Gasteiger partial charge in [0.25, 0.3) is 0 Å². The number of ether oxygens (including phenoxy) is 2. The summed E-state index contributed by atoms with van der Waals surface area (Å²) in [5.74, 6) is 2.36. The summed E-state index contributed by atoms with van der Waals surface area (Å²) in [7, 11) is 0. The lowest BCUT2D eigenvalue weighted by Gasteiger charge is -2.27. The van der Waals surface area contributed by atoms with E-state index in [1.807, 2.05) is 55.5 Å². The molecule has 0 radical (unpaired) electrons. The minimum Gasteiger partial charge on any atom is -0.489 e. The van der Waals surface area contributed by atoms with E-state index in [0.717, 1.165) is 47.5 Å². The molecular weight excluding hydrogens is 352 g/mol. The van der Waals surface area contributed by atoms with Crippen LogP contribution in [0.3, 0.4) is 0 Å². The van der Waals surface area contributed by atoms with Gasteiger partial charge in [0.05, 0.1) is 13.2 Å². The molecule has 1 aliphatic heterocycles. The van der Waals surface area contributed by atoms with Gasteiger partial charge in [0.15, 0.2) is 0 Å². The maximum Gasteiger partial charge on any atom is 0.227 e. The molecule has 2 aromatic carbocycles. The SMILES string of the molecule is Cc1cc(Nc2ccc(OCc3ccccc3)cc2)nc(N2CCOCC2)n1. The molecule has 28 heavy (non-hydrogen) atoms. The first-order valence-electron chi connectivity index (χ1n) is 9.48. The third kappa shape index (κ3) is 4.78. The molecule has 0 unspecified atom stereocenters. The van der Waals surface area contributed by atoms with Crippen molar-refractivity contribution in [1.82, 2.24) is 9.97 Å². The van der Waals surface area contributed by atoms with Gasteiger partial charge in [-0.25, -0.2) is 4.98 Å². The number of rotatable bonds is 6. The van der Waals surface area contributed by atoms with Gasteiger partial charge < -0.3 is 19.7 Å². The van der Waals surface area contributed by atoms with Crippen LogP contribution >= 0.6 is 0 Å². The number of aromatic nitrogens is 2. The number of hydrogen-bond acceptors (Lipinski definition) is 6. The highest BCUT2D eigenvalue weighted by Gasteiger charge is 2.15. The van der Waals surface area contributed by atoms with E-state index in [4.69, 9.17) is 9.47 Å². The smallest absolute Gasteiger partial charge is 0.227 e. The minimum atomic E-state index is 0.557. The highest BCUT2D eigenvalue weighted by atomic mass is 16.5. The van der Waals surface area contributed by atoms with Gasteiger partial charge in [-0.3, -0.25) is 0 Å². The molecule has 0 bridgehead atoms. The van der Waals surface area contributed by atoms with E-state index in [1.54, 1.807) is 0 Å². The van der Waals surface area contributed by atoms with Gasteiger partial charge >= 0.3 is 0 Å². The highest BCUT2D eigenvalue weighted by Crippen LogP contribution is 2.22. The van der Waals surface area contributed by atoms with E-state index < -0.39 is 0 Å². The first-order valence-corrected chi connectivity index (χ1v) is 9.48. The summed E-state index contributed by atoms with van der Waals surface area (Å²) in [6, 6.07) is 20.0. The molecule has 0 saturated carbocycles. The Bertz CT molecular complexity index is 894. The van der Waals surface area contributed by atoms with Crippen LogP contribution in [0.2, 0.25) is 0 Å². The zero-order valence-corrected chi connectivity index (χ0v) is 16.0. The Morgan fingerprint density at radius 1 is 1.00 bits per heavy atom. The first-order chi connectivity index (χ1) is 13.8. The Hall–Kier alpha value is -3.12. The maximum absolute atomic E-state index is 5.84. The lowest BCUT2D eigenvalue weighted by molar-refractivity contribution is 0.122. The summed E-state index contributed by atoms with van der Waals surface area (Å²) in [4.78, 5) is 11.4. The molecule has 1 aromatic heterocycles. The average Bonchev–Trinajstić information content (AvgIpc) is 2.74. The van der Waals surface area contributed by atoms with Crippen LogP contribution in [0, 0.1) is 6.92 Å². The van der Waals surface area contributed by atoms with Crippen LogP contribution < -0.4 is 15.0 Å². The van der Waals surface area contributed by atoms with Gasteiger partial charge in [-0.05, 0) is 36.8 Å². The molecule has 0 spiro atoms. The van der Waals surface area contributed by atoms with E-state index in [-0.39, 0.29) is 0 Å². The second-order valence-electron chi connectivity index (χ2n) is 6.72. The van der Waals surface area contributed by atoms with E-state index >= 15 is 0 Å². The topological polar surface area (TPSA) is 59.5 Å². The monoisotopic (exact) mass is 376 g/mol. The minimum absolute atomic E-state index is 0.557. The molecule has 1 aliphatic rings. The standard InChI is InChI=1S/C22H24N4O2/c1-17-15-21(25-22(23-17)26-11-13-27-14-12-26)24-19-7-9-20(10-8-19)28-16-18-5-3-2-4-6-18/h2-10,15H,11-14,16H2,1H3,(H,23,24,25). The first kappa shape index (κ1) is 18.3. The van der Waals surface area contributed by atoms with Gasteiger partial charge in [0.2, 0.25) is 5.95 Å². The summed E-state index contributed by atoms with van der Waals surface area (Å²) < 4.78 is 11.3. The van der Waals surface area contributed by atoms with Gasteiger partial charge in [0, 0.05) is 30.5 Å². The molecular formula is C22H24N4O2. The summed E-state index contributed by atoms with van der Waals surface area (Å²) in [5, 5.41) is 3.36. The van der Waals surface area contributed by atoms with Crippen molar-refractivity contribution in [3.05, 3.63) is 71.9 Å². The second kappa shape index (κ2) is 8.71. The van der Waals surface area contributed by atoms with Gasteiger partial charge in [-0.2, -0.15) is 4.98 Å². The number of aryl methyl sites for hydroxylation is 1. The van der Waals surface area contributed by atoms with E-state index in [2.05, 4.69) is 32.3 Å². The summed E-state index contributed by atoms with van der Waals surface area (Å²) in [5.41, 5.74) is 3.04. The molecule has 4 rings (SSSR count). The number of nitrogens with zero attached hydrogens (tertiary/aromatic N) is 3. The molecule has 144 valence electrons. The largest absolute Gasteiger partial charge is 0.489 e. The Morgan fingerprint density at radius 3 is 2.50 bits per heavy atom. The number of anilines is 3. The predicted octanol–water partition coefficient (Wildman–Crippen LogP) is 3.94. The fourth-order valence-corrected chi connectivity index (χ4v) is 3.04. The highest BCUT2D eigenvalue weighted by molar-refractivity contribution is 5.58. The molecule has 0 amide bonds. The second-order valence-corrected chi connectivity index (χ2v) is 6.72. The van der Waals surface area contributed by atoms with Gasteiger partial charge in [-0.15, -0.1) is 0 Å². The summed E-state index contributed by atoms with van der Waals surface area (Å²) >= 11 is 0. The van der Waals surface area contributed by atoms with Gasteiger partial charge in [-0.1, -0.05) is 30.3 Å². The van der Waals surface area contributed by atoms with Crippen molar-refractivity contribution in [2.75, 3.05) is 36.5 Å². The predicted molar refractivity (Wildman–Crippen MR) is 110 cm³/mol. The third-order valence-corrected chi connectivity index (χ3v) is 4.51. The van der Waals surface area contributed by atoms with Crippen molar-refractivity contribution in [2.24, 2.45) is 0 Å². The third-order valence-electron chi connectivity index (χ3n) is 4.51. The quantitative estimate of drug-likeness (QED) is 0.703. The van der Waals surface area contributed by atoms with Crippen LogP contribution in [0.15, 0.2) is 60.7 Å². The Balaban J connectivity index is 1.40. The Morgan fingerprint density at radius 2 is 1.75 bits per heavy atom. The van der Waals surface area contributed by atoms with Crippen molar-refractivity contribution in [2.45, 2.75) is 13.5 Å². The van der Waals surface area contributed by atoms with Crippen molar-refractivity contribution >= 4 is 17.5 Å². The summed E-state index contributed by atoms with van der Waals surface area (Å²) in [6.45, 7) is 5.60. The molecule has 1 saturated heterocycles. The van der Waals surface area contributed by atoms with Crippen LogP contribution in [-0.4, -0.2) is 36.3 Å². The Kier molecular flexibility index (Phi) is 5.68. The fraction of sp³-hybridized carbons (Fsp3) is 0.273. The molecule has 6 nitrogen and oxygen atoms in total. The number of morpholine rings is 1. The average molecular weight is 376 g/mol. The van der Waals surface area contributed by atoms with Crippen molar-refractivity contribution < 1.29 is 9.47 Å². The number of nitrogens with one attached hydrogen (secondary N) is 1. The van der Waals surface area contributed by atoms with E-state index in [1.165, 1.54) is 0 Å².